The predicted molar refractivity (Wildman–Crippen MR) is 104 cm³/mol. The van der Waals surface area contributed by atoms with E-state index in [-0.39, 0.29) is 5.92 Å². The number of anilines is 1. The number of carbonyl (C=O) groups is 3. The minimum absolute atomic E-state index is 0.195. The van der Waals surface area contributed by atoms with Crippen molar-refractivity contribution in [3.63, 3.8) is 0 Å². The molecule has 0 spiro atoms. The Labute approximate surface area is 162 Å². The average Bonchev–Trinajstić information content (AvgIpc) is 2.65. The monoisotopic (exact) mass is 388 g/mol. The van der Waals surface area contributed by atoms with Crippen LogP contribution in [-0.4, -0.2) is 23.9 Å². The van der Waals surface area contributed by atoms with Crippen LogP contribution in [0.25, 0.3) is 0 Å². The van der Waals surface area contributed by atoms with Crippen LogP contribution >= 0.6 is 11.6 Å². The van der Waals surface area contributed by atoms with Gasteiger partial charge >= 0.3 is 6.03 Å². The van der Waals surface area contributed by atoms with Crippen LogP contribution in [0, 0.1) is 5.92 Å². The number of nitrogens with one attached hydrogen (secondary N) is 4. The number of hydrogen-bond donors (Lipinski definition) is 4. The van der Waals surface area contributed by atoms with E-state index < -0.39 is 23.9 Å². The standard InChI is InChI=1S/C19H21ClN4O3/c1-12(2)16(22-19(27)21-15-6-4-3-5-7-15)18(26)24-23-17(25)13-8-10-14(20)11-9-13/h3-12,16H,1-2H3,(H,23,25)(H,24,26)(H2,21,22,27). The van der Waals surface area contributed by atoms with E-state index in [1.807, 2.05) is 6.07 Å². The Morgan fingerprint density at radius 2 is 1.52 bits per heavy atom. The fraction of sp³-hybridized carbons (Fsp3) is 0.211. The topological polar surface area (TPSA) is 99.3 Å². The van der Waals surface area contributed by atoms with E-state index in [0.29, 0.717) is 16.3 Å². The van der Waals surface area contributed by atoms with Crippen molar-refractivity contribution in [3.8, 4) is 0 Å². The summed E-state index contributed by atoms with van der Waals surface area (Å²) in [7, 11) is 0. The van der Waals surface area contributed by atoms with Gasteiger partial charge in [0.1, 0.15) is 6.04 Å². The highest BCUT2D eigenvalue weighted by molar-refractivity contribution is 6.30. The van der Waals surface area contributed by atoms with Gasteiger partial charge in [0, 0.05) is 16.3 Å². The van der Waals surface area contributed by atoms with Crippen molar-refractivity contribution >= 4 is 35.1 Å². The molecule has 4 N–H and O–H groups in total. The van der Waals surface area contributed by atoms with Gasteiger partial charge in [0.2, 0.25) is 0 Å². The summed E-state index contributed by atoms with van der Waals surface area (Å²) in [6.45, 7) is 3.57. The number of benzene rings is 2. The average molecular weight is 389 g/mol. The van der Waals surface area contributed by atoms with E-state index in [2.05, 4.69) is 21.5 Å². The van der Waals surface area contributed by atoms with Crippen LogP contribution in [0.1, 0.15) is 24.2 Å². The first-order chi connectivity index (χ1) is 12.9. The second kappa shape index (κ2) is 9.59. The van der Waals surface area contributed by atoms with E-state index in [9.17, 15) is 14.4 Å². The van der Waals surface area contributed by atoms with Gasteiger partial charge in [0.25, 0.3) is 11.8 Å². The lowest BCUT2D eigenvalue weighted by molar-refractivity contribution is -0.124. The maximum atomic E-state index is 12.4. The largest absolute Gasteiger partial charge is 0.326 e. The fourth-order valence-electron chi connectivity index (χ4n) is 2.23. The van der Waals surface area contributed by atoms with Crippen LogP contribution in [0.3, 0.4) is 0 Å². The molecule has 27 heavy (non-hydrogen) atoms. The lowest BCUT2D eigenvalue weighted by atomic mass is 10.0. The minimum atomic E-state index is -0.834. The summed E-state index contributed by atoms with van der Waals surface area (Å²) in [5, 5.41) is 5.76. The normalized spacial score (nSPS) is 11.4. The van der Waals surface area contributed by atoms with Gasteiger partial charge in [-0.1, -0.05) is 43.6 Å². The van der Waals surface area contributed by atoms with E-state index in [1.54, 1.807) is 50.2 Å². The van der Waals surface area contributed by atoms with Crippen molar-refractivity contribution < 1.29 is 14.4 Å². The SMILES string of the molecule is CC(C)C(NC(=O)Nc1ccccc1)C(=O)NNC(=O)c1ccc(Cl)cc1. The number of amides is 4. The van der Waals surface area contributed by atoms with Gasteiger partial charge in [-0.3, -0.25) is 20.4 Å². The number of rotatable bonds is 5. The second-order valence-corrected chi connectivity index (χ2v) is 6.57. The van der Waals surface area contributed by atoms with Gasteiger partial charge in [0.05, 0.1) is 0 Å². The molecule has 2 aromatic rings. The molecule has 1 atom stereocenters. The van der Waals surface area contributed by atoms with Crippen molar-refractivity contribution in [1.82, 2.24) is 16.2 Å². The molecule has 7 nitrogen and oxygen atoms in total. The van der Waals surface area contributed by atoms with Crippen LogP contribution in [0.2, 0.25) is 5.02 Å². The highest BCUT2D eigenvalue weighted by atomic mass is 35.5. The molecule has 0 radical (unpaired) electrons. The maximum Gasteiger partial charge on any atom is 0.319 e. The summed E-state index contributed by atoms with van der Waals surface area (Å²) in [6.07, 6.45) is 0. The zero-order valence-corrected chi connectivity index (χ0v) is 15.7. The maximum absolute atomic E-state index is 12.4. The summed E-state index contributed by atoms with van der Waals surface area (Å²) < 4.78 is 0. The van der Waals surface area contributed by atoms with Gasteiger partial charge < -0.3 is 10.6 Å². The summed E-state index contributed by atoms with van der Waals surface area (Å²) >= 11 is 5.78. The molecule has 0 fully saturated rings. The highest BCUT2D eigenvalue weighted by Gasteiger charge is 2.24. The van der Waals surface area contributed by atoms with E-state index in [1.165, 1.54) is 12.1 Å². The third-order valence-corrected chi connectivity index (χ3v) is 3.93. The molecule has 4 amide bonds. The van der Waals surface area contributed by atoms with E-state index in [0.717, 1.165) is 0 Å². The Bertz CT molecular complexity index is 794. The third-order valence-electron chi connectivity index (χ3n) is 3.67. The molecule has 1 unspecified atom stereocenters. The number of halogens is 1. The van der Waals surface area contributed by atoms with Gasteiger partial charge in [-0.2, -0.15) is 0 Å². The Hall–Kier alpha value is -3.06. The third kappa shape index (κ3) is 6.31. The van der Waals surface area contributed by atoms with Gasteiger partial charge in [-0.25, -0.2) is 4.79 Å². The number of carbonyl (C=O) groups excluding carboxylic acids is 3. The summed E-state index contributed by atoms with van der Waals surface area (Å²) in [4.78, 5) is 36.5. The molecular formula is C19H21ClN4O3. The Kier molecular flexibility index (Phi) is 7.19. The Morgan fingerprint density at radius 1 is 0.889 bits per heavy atom. The van der Waals surface area contributed by atoms with Crippen molar-refractivity contribution in [2.75, 3.05) is 5.32 Å². The van der Waals surface area contributed by atoms with Crippen LogP contribution < -0.4 is 21.5 Å². The van der Waals surface area contributed by atoms with Crippen molar-refractivity contribution in [2.45, 2.75) is 19.9 Å². The summed E-state index contributed by atoms with van der Waals surface area (Å²) in [5.74, 6) is -1.22. The van der Waals surface area contributed by atoms with Crippen molar-refractivity contribution in [2.24, 2.45) is 5.92 Å². The molecule has 142 valence electrons. The van der Waals surface area contributed by atoms with Crippen LogP contribution in [-0.2, 0) is 4.79 Å². The van der Waals surface area contributed by atoms with Gasteiger partial charge in [-0.15, -0.1) is 0 Å². The zero-order chi connectivity index (χ0) is 19.8. The van der Waals surface area contributed by atoms with Crippen molar-refractivity contribution in [1.29, 1.82) is 0 Å². The molecular weight excluding hydrogens is 368 g/mol. The summed E-state index contributed by atoms with van der Waals surface area (Å²) in [6, 6.07) is 13.7. The first-order valence-electron chi connectivity index (χ1n) is 8.35. The molecule has 0 bridgehead atoms. The van der Waals surface area contributed by atoms with Gasteiger partial charge in [0.15, 0.2) is 0 Å². The molecule has 0 aliphatic carbocycles. The second-order valence-electron chi connectivity index (χ2n) is 6.14. The Balaban J connectivity index is 1.91. The molecule has 0 saturated heterocycles. The fourth-order valence-corrected chi connectivity index (χ4v) is 2.36. The zero-order valence-electron chi connectivity index (χ0n) is 15.0. The van der Waals surface area contributed by atoms with Crippen molar-refractivity contribution in [3.05, 3.63) is 65.2 Å². The van der Waals surface area contributed by atoms with Crippen LogP contribution in [0.15, 0.2) is 54.6 Å². The molecule has 2 rings (SSSR count). The number of hydrogen-bond acceptors (Lipinski definition) is 3. The molecule has 2 aromatic carbocycles. The van der Waals surface area contributed by atoms with E-state index in [4.69, 9.17) is 11.6 Å². The lowest BCUT2D eigenvalue weighted by Crippen LogP contribution is -2.55. The Morgan fingerprint density at radius 3 is 2.11 bits per heavy atom. The van der Waals surface area contributed by atoms with Crippen LogP contribution in [0.5, 0.6) is 0 Å². The number of hydrazine groups is 1. The minimum Gasteiger partial charge on any atom is -0.326 e. The quantitative estimate of drug-likeness (QED) is 0.592. The first kappa shape index (κ1) is 20.3. The summed E-state index contributed by atoms with van der Waals surface area (Å²) in [5.41, 5.74) is 5.60. The molecule has 0 aromatic heterocycles. The van der Waals surface area contributed by atoms with E-state index >= 15 is 0 Å². The molecule has 8 heteroatoms. The molecule has 0 aliphatic rings. The first-order valence-corrected chi connectivity index (χ1v) is 8.73. The van der Waals surface area contributed by atoms with Gasteiger partial charge in [-0.05, 0) is 42.3 Å². The molecule has 0 saturated carbocycles. The smallest absolute Gasteiger partial charge is 0.319 e. The number of para-hydroxylation sites is 1. The molecule has 0 heterocycles. The predicted octanol–water partition coefficient (Wildman–Crippen LogP) is 2.95. The number of urea groups is 1. The highest BCUT2D eigenvalue weighted by Crippen LogP contribution is 2.09. The van der Waals surface area contributed by atoms with Crippen LogP contribution in [0.4, 0.5) is 10.5 Å². The molecule has 0 aliphatic heterocycles. The lowest BCUT2D eigenvalue weighted by Gasteiger charge is -2.22.